The molecular formula is C13H17N2O+. The standard InChI is InChI=1S/C13H16N2O/c16-13-12(9-5-7-14-8-6-9)10-3-1-2-4-11(10)15-13/h1-4,9,12,14H,5-8H2,(H,15,16)/p+1/t12-/m1/s1. The van der Waals surface area contributed by atoms with Crippen LogP contribution in [0.1, 0.15) is 24.3 Å². The Morgan fingerprint density at radius 1 is 1.19 bits per heavy atom. The summed E-state index contributed by atoms with van der Waals surface area (Å²) < 4.78 is 0. The molecule has 1 aromatic rings. The van der Waals surface area contributed by atoms with Gasteiger partial charge in [-0.2, -0.15) is 0 Å². The first-order chi connectivity index (χ1) is 7.86. The summed E-state index contributed by atoms with van der Waals surface area (Å²) in [7, 11) is 0. The van der Waals surface area contributed by atoms with Crippen molar-refractivity contribution >= 4 is 11.6 Å². The molecule has 84 valence electrons. The van der Waals surface area contributed by atoms with Crippen LogP contribution in [-0.4, -0.2) is 19.0 Å². The molecule has 1 atom stereocenters. The second-order valence-corrected chi connectivity index (χ2v) is 4.76. The van der Waals surface area contributed by atoms with Crippen LogP contribution in [0.25, 0.3) is 0 Å². The maximum Gasteiger partial charge on any atom is 0.232 e. The molecule has 3 nitrogen and oxygen atoms in total. The summed E-state index contributed by atoms with van der Waals surface area (Å²) >= 11 is 0. The second-order valence-electron chi connectivity index (χ2n) is 4.76. The number of rotatable bonds is 1. The third-order valence-electron chi connectivity index (χ3n) is 3.79. The molecule has 3 heteroatoms. The fraction of sp³-hybridized carbons (Fsp3) is 0.462. The number of quaternary nitrogens is 1. The van der Waals surface area contributed by atoms with Crippen molar-refractivity contribution in [2.45, 2.75) is 18.8 Å². The van der Waals surface area contributed by atoms with E-state index in [0.29, 0.717) is 5.92 Å². The molecule has 1 saturated heterocycles. The third kappa shape index (κ3) is 1.52. The first kappa shape index (κ1) is 9.85. The molecule has 2 aliphatic rings. The second kappa shape index (κ2) is 3.91. The summed E-state index contributed by atoms with van der Waals surface area (Å²) in [6.07, 6.45) is 2.32. The monoisotopic (exact) mass is 217 g/mol. The van der Waals surface area contributed by atoms with Gasteiger partial charge in [0, 0.05) is 18.5 Å². The number of nitrogens with two attached hydrogens (primary N) is 1. The Balaban J connectivity index is 1.92. The number of amides is 1. The molecule has 0 spiro atoms. The number of para-hydroxylation sites is 1. The largest absolute Gasteiger partial charge is 0.346 e. The normalized spacial score (nSPS) is 25.2. The lowest BCUT2D eigenvalue weighted by Crippen LogP contribution is -2.86. The number of carbonyl (C=O) groups is 1. The zero-order valence-corrected chi connectivity index (χ0v) is 9.28. The van der Waals surface area contributed by atoms with Gasteiger partial charge >= 0.3 is 0 Å². The van der Waals surface area contributed by atoms with Gasteiger partial charge in [-0.3, -0.25) is 4.79 Å². The van der Waals surface area contributed by atoms with E-state index < -0.39 is 0 Å². The van der Waals surface area contributed by atoms with Crippen molar-refractivity contribution in [3.63, 3.8) is 0 Å². The predicted molar refractivity (Wildman–Crippen MR) is 62.2 cm³/mol. The van der Waals surface area contributed by atoms with Gasteiger partial charge in [-0.05, 0) is 17.5 Å². The quantitative estimate of drug-likeness (QED) is 0.714. The van der Waals surface area contributed by atoms with E-state index in [1.165, 1.54) is 5.56 Å². The van der Waals surface area contributed by atoms with Gasteiger partial charge in [0.1, 0.15) is 0 Å². The molecule has 0 saturated carbocycles. The Hall–Kier alpha value is -1.35. The van der Waals surface area contributed by atoms with Gasteiger partial charge in [0.2, 0.25) is 5.91 Å². The van der Waals surface area contributed by atoms with Crippen molar-refractivity contribution in [3.05, 3.63) is 29.8 Å². The van der Waals surface area contributed by atoms with Gasteiger partial charge in [-0.25, -0.2) is 0 Å². The van der Waals surface area contributed by atoms with Crippen LogP contribution >= 0.6 is 0 Å². The van der Waals surface area contributed by atoms with Crippen molar-refractivity contribution < 1.29 is 10.1 Å². The molecule has 0 radical (unpaired) electrons. The molecule has 1 fully saturated rings. The van der Waals surface area contributed by atoms with Gasteiger partial charge in [0.25, 0.3) is 0 Å². The van der Waals surface area contributed by atoms with Crippen LogP contribution in [0.3, 0.4) is 0 Å². The number of carbonyl (C=O) groups excluding carboxylic acids is 1. The van der Waals surface area contributed by atoms with Crippen LogP contribution in [0.5, 0.6) is 0 Å². The molecule has 1 aromatic carbocycles. The third-order valence-corrected chi connectivity index (χ3v) is 3.79. The molecule has 2 heterocycles. The summed E-state index contributed by atoms with van der Waals surface area (Å²) in [6, 6.07) is 8.11. The predicted octanol–water partition coefficient (Wildman–Crippen LogP) is 0.696. The van der Waals surface area contributed by atoms with Crippen LogP contribution in [0.15, 0.2) is 24.3 Å². The van der Waals surface area contributed by atoms with E-state index in [-0.39, 0.29) is 11.8 Å². The average Bonchev–Trinajstić information content (AvgIpc) is 2.66. The van der Waals surface area contributed by atoms with Crippen molar-refractivity contribution in [3.8, 4) is 0 Å². The minimum atomic E-state index is 0.102. The molecule has 0 bridgehead atoms. The summed E-state index contributed by atoms with van der Waals surface area (Å²) in [5.41, 5.74) is 2.23. The zero-order valence-electron chi connectivity index (χ0n) is 9.28. The zero-order chi connectivity index (χ0) is 11.0. The number of anilines is 1. The number of benzene rings is 1. The number of hydrogen-bond donors (Lipinski definition) is 2. The van der Waals surface area contributed by atoms with Gasteiger partial charge in [-0.1, -0.05) is 18.2 Å². The van der Waals surface area contributed by atoms with Crippen LogP contribution < -0.4 is 10.6 Å². The Kier molecular flexibility index (Phi) is 2.40. The Morgan fingerprint density at radius 2 is 1.94 bits per heavy atom. The average molecular weight is 217 g/mol. The summed E-state index contributed by atoms with van der Waals surface area (Å²) in [5.74, 6) is 0.839. The van der Waals surface area contributed by atoms with E-state index in [0.717, 1.165) is 31.6 Å². The minimum absolute atomic E-state index is 0.102. The van der Waals surface area contributed by atoms with Crippen molar-refractivity contribution in [2.24, 2.45) is 5.92 Å². The van der Waals surface area contributed by atoms with E-state index in [1.54, 1.807) is 0 Å². The molecule has 0 unspecified atom stereocenters. The van der Waals surface area contributed by atoms with Crippen LogP contribution in [0, 0.1) is 5.92 Å². The molecule has 3 N–H and O–H groups in total. The molecule has 1 amide bonds. The topological polar surface area (TPSA) is 45.7 Å². The van der Waals surface area contributed by atoms with E-state index in [9.17, 15) is 4.79 Å². The Bertz CT molecular complexity index is 410. The van der Waals surface area contributed by atoms with Crippen molar-refractivity contribution in [2.75, 3.05) is 18.4 Å². The number of nitrogens with one attached hydrogen (secondary N) is 1. The van der Waals surface area contributed by atoms with Crippen LogP contribution in [0.2, 0.25) is 0 Å². The fourth-order valence-electron chi connectivity index (χ4n) is 2.99. The number of fused-ring (bicyclic) bond motifs is 1. The first-order valence-corrected chi connectivity index (χ1v) is 6.08. The van der Waals surface area contributed by atoms with Gasteiger partial charge in [0.15, 0.2) is 0 Å². The van der Waals surface area contributed by atoms with E-state index >= 15 is 0 Å². The highest BCUT2D eigenvalue weighted by atomic mass is 16.2. The smallest absolute Gasteiger partial charge is 0.232 e. The minimum Gasteiger partial charge on any atom is -0.346 e. The van der Waals surface area contributed by atoms with Gasteiger partial charge < -0.3 is 10.6 Å². The van der Waals surface area contributed by atoms with E-state index in [4.69, 9.17) is 0 Å². The molecular weight excluding hydrogens is 200 g/mol. The highest BCUT2D eigenvalue weighted by Gasteiger charge is 2.37. The molecule has 0 aromatic heterocycles. The highest BCUT2D eigenvalue weighted by molar-refractivity contribution is 6.03. The van der Waals surface area contributed by atoms with Crippen LogP contribution in [-0.2, 0) is 4.79 Å². The number of piperidine rings is 1. The number of hydrogen-bond acceptors (Lipinski definition) is 1. The molecule has 16 heavy (non-hydrogen) atoms. The highest BCUT2D eigenvalue weighted by Crippen LogP contribution is 2.39. The SMILES string of the molecule is O=C1Nc2ccccc2[C@H]1C1CC[NH2+]CC1. The summed E-state index contributed by atoms with van der Waals surface area (Å²) in [6.45, 7) is 2.33. The molecule has 2 aliphatic heterocycles. The van der Waals surface area contributed by atoms with Gasteiger partial charge in [-0.15, -0.1) is 0 Å². The lowest BCUT2D eigenvalue weighted by Gasteiger charge is -2.24. The summed E-state index contributed by atoms with van der Waals surface area (Å²) in [4.78, 5) is 12.0. The van der Waals surface area contributed by atoms with E-state index in [1.807, 2.05) is 18.2 Å². The summed E-state index contributed by atoms with van der Waals surface area (Å²) in [5, 5.41) is 5.34. The van der Waals surface area contributed by atoms with Crippen LogP contribution in [0.4, 0.5) is 5.69 Å². The van der Waals surface area contributed by atoms with Gasteiger partial charge in [0.05, 0.1) is 19.0 Å². The van der Waals surface area contributed by atoms with Crippen molar-refractivity contribution in [1.29, 1.82) is 0 Å². The fourth-order valence-corrected chi connectivity index (χ4v) is 2.99. The maximum absolute atomic E-state index is 12.0. The first-order valence-electron chi connectivity index (χ1n) is 6.08. The maximum atomic E-state index is 12.0. The molecule has 3 rings (SSSR count). The lowest BCUT2D eigenvalue weighted by atomic mass is 9.81. The molecule has 0 aliphatic carbocycles. The van der Waals surface area contributed by atoms with Crippen molar-refractivity contribution in [1.82, 2.24) is 0 Å². The van der Waals surface area contributed by atoms with E-state index in [2.05, 4.69) is 16.7 Å². The Labute approximate surface area is 95.2 Å². The lowest BCUT2D eigenvalue weighted by molar-refractivity contribution is -0.664. The Morgan fingerprint density at radius 3 is 2.75 bits per heavy atom.